The van der Waals surface area contributed by atoms with E-state index in [9.17, 15) is 0 Å². The Balaban J connectivity index is 2.23. The van der Waals surface area contributed by atoms with Crippen LogP contribution < -0.4 is 0 Å². The van der Waals surface area contributed by atoms with Crippen LogP contribution in [0.4, 0.5) is 0 Å². The van der Waals surface area contributed by atoms with Gasteiger partial charge in [-0.05, 0) is 13.3 Å². The average Bonchev–Trinajstić information content (AvgIpc) is 2.51. The van der Waals surface area contributed by atoms with Gasteiger partial charge in [-0.25, -0.2) is 0 Å². The van der Waals surface area contributed by atoms with E-state index in [-0.39, 0.29) is 0 Å². The fraction of sp³-hybridized carbons (Fsp3) is 1.00. The van der Waals surface area contributed by atoms with E-state index in [2.05, 4.69) is 13.8 Å². The molecule has 0 amide bonds. The van der Waals surface area contributed by atoms with Crippen molar-refractivity contribution in [2.75, 3.05) is 7.11 Å². The van der Waals surface area contributed by atoms with Gasteiger partial charge < -0.3 is 9.47 Å². The minimum absolute atomic E-state index is 0.319. The molecule has 0 aromatic rings. The fourth-order valence-electron chi connectivity index (χ4n) is 1.13. The summed E-state index contributed by atoms with van der Waals surface area (Å²) in [7, 11) is 1.74. The number of methoxy groups -OCH3 is 1. The van der Waals surface area contributed by atoms with Crippen LogP contribution in [0.5, 0.6) is 0 Å². The molecule has 3 atom stereocenters. The summed E-state index contributed by atoms with van der Waals surface area (Å²) in [6, 6.07) is 0. The standard InChI is InChI=1S/C7H14O2/c1-4-6(8-3)7-5(2)9-7/h5-7H,4H2,1-3H3. The Morgan fingerprint density at radius 3 is 2.33 bits per heavy atom. The van der Waals surface area contributed by atoms with E-state index in [1.165, 1.54) is 0 Å². The van der Waals surface area contributed by atoms with Gasteiger partial charge >= 0.3 is 0 Å². The molecule has 0 saturated carbocycles. The summed E-state index contributed by atoms with van der Waals surface area (Å²) in [6.07, 6.45) is 2.17. The summed E-state index contributed by atoms with van der Waals surface area (Å²) in [6.45, 7) is 4.19. The first-order chi connectivity index (χ1) is 4.29. The van der Waals surface area contributed by atoms with Gasteiger partial charge in [0.25, 0.3) is 0 Å². The zero-order valence-electron chi connectivity index (χ0n) is 6.26. The monoisotopic (exact) mass is 130 g/mol. The maximum Gasteiger partial charge on any atom is 0.110 e. The maximum atomic E-state index is 5.24. The highest BCUT2D eigenvalue weighted by Gasteiger charge is 2.40. The van der Waals surface area contributed by atoms with Crippen molar-refractivity contribution < 1.29 is 9.47 Å². The van der Waals surface area contributed by atoms with Crippen molar-refractivity contribution in [1.29, 1.82) is 0 Å². The van der Waals surface area contributed by atoms with Crippen LogP contribution in [0.25, 0.3) is 0 Å². The molecule has 1 heterocycles. The van der Waals surface area contributed by atoms with Crippen molar-refractivity contribution in [2.45, 2.75) is 38.6 Å². The fourth-order valence-corrected chi connectivity index (χ4v) is 1.13. The lowest BCUT2D eigenvalue weighted by molar-refractivity contribution is 0.0734. The van der Waals surface area contributed by atoms with Crippen LogP contribution in [-0.4, -0.2) is 25.4 Å². The summed E-state index contributed by atoms with van der Waals surface area (Å²) < 4.78 is 10.4. The molecule has 1 aliphatic heterocycles. The number of rotatable bonds is 3. The molecular weight excluding hydrogens is 116 g/mol. The summed E-state index contributed by atoms with van der Waals surface area (Å²) in [5.41, 5.74) is 0. The predicted octanol–water partition coefficient (Wildman–Crippen LogP) is 1.20. The molecule has 9 heavy (non-hydrogen) atoms. The lowest BCUT2D eigenvalue weighted by Gasteiger charge is -2.07. The van der Waals surface area contributed by atoms with Gasteiger partial charge in [0.15, 0.2) is 0 Å². The molecule has 0 bridgehead atoms. The van der Waals surface area contributed by atoms with Gasteiger partial charge in [-0.2, -0.15) is 0 Å². The predicted molar refractivity (Wildman–Crippen MR) is 35.4 cm³/mol. The average molecular weight is 130 g/mol. The number of ether oxygens (including phenoxy) is 2. The Morgan fingerprint density at radius 1 is 1.67 bits per heavy atom. The van der Waals surface area contributed by atoms with Crippen molar-refractivity contribution in [3.63, 3.8) is 0 Å². The molecule has 0 N–H and O–H groups in total. The Kier molecular flexibility index (Phi) is 2.09. The first-order valence-corrected chi connectivity index (χ1v) is 3.47. The van der Waals surface area contributed by atoms with Crippen molar-refractivity contribution >= 4 is 0 Å². The largest absolute Gasteiger partial charge is 0.379 e. The molecule has 1 aliphatic rings. The second-order valence-corrected chi connectivity index (χ2v) is 2.49. The molecule has 1 saturated heterocycles. The first-order valence-electron chi connectivity index (χ1n) is 3.47. The Morgan fingerprint density at radius 2 is 2.22 bits per heavy atom. The van der Waals surface area contributed by atoms with E-state index < -0.39 is 0 Å². The number of epoxide rings is 1. The lowest BCUT2D eigenvalue weighted by atomic mass is 10.2. The topological polar surface area (TPSA) is 21.8 Å². The summed E-state index contributed by atoms with van der Waals surface area (Å²) in [5, 5.41) is 0. The summed E-state index contributed by atoms with van der Waals surface area (Å²) in [5.74, 6) is 0. The van der Waals surface area contributed by atoms with E-state index in [1.807, 2.05) is 0 Å². The highest BCUT2D eigenvalue weighted by atomic mass is 16.6. The molecule has 0 radical (unpaired) electrons. The third-order valence-corrected chi connectivity index (χ3v) is 1.83. The van der Waals surface area contributed by atoms with Gasteiger partial charge in [0.2, 0.25) is 0 Å². The molecular formula is C7H14O2. The summed E-state index contributed by atoms with van der Waals surface area (Å²) in [4.78, 5) is 0. The van der Waals surface area contributed by atoms with E-state index in [1.54, 1.807) is 7.11 Å². The number of hydrogen-bond acceptors (Lipinski definition) is 2. The molecule has 0 aliphatic carbocycles. The maximum absolute atomic E-state index is 5.24. The Bertz CT molecular complexity index is 88.9. The highest BCUT2D eigenvalue weighted by Crippen LogP contribution is 2.27. The van der Waals surface area contributed by atoms with E-state index in [4.69, 9.17) is 9.47 Å². The number of hydrogen-bond donors (Lipinski definition) is 0. The zero-order valence-corrected chi connectivity index (χ0v) is 6.26. The van der Waals surface area contributed by atoms with E-state index >= 15 is 0 Å². The molecule has 3 unspecified atom stereocenters. The second kappa shape index (κ2) is 2.67. The van der Waals surface area contributed by atoms with Crippen LogP contribution in [0, 0.1) is 0 Å². The molecule has 1 fully saturated rings. The van der Waals surface area contributed by atoms with Crippen molar-refractivity contribution in [3.8, 4) is 0 Å². The van der Waals surface area contributed by atoms with Gasteiger partial charge in [0.1, 0.15) is 6.10 Å². The quantitative estimate of drug-likeness (QED) is 0.535. The Hall–Kier alpha value is -0.0800. The van der Waals surface area contributed by atoms with Crippen molar-refractivity contribution in [1.82, 2.24) is 0 Å². The van der Waals surface area contributed by atoms with Crippen LogP contribution in [0.15, 0.2) is 0 Å². The molecule has 0 aromatic carbocycles. The van der Waals surface area contributed by atoms with Gasteiger partial charge in [-0.1, -0.05) is 6.92 Å². The van der Waals surface area contributed by atoms with Gasteiger partial charge in [-0.3, -0.25) is 0 Å². The van der Waals surface area contributed by atoms with Crippen LogP contribution in [0.3, 0.4) is 0 Å². The minimum atomic E-state index is 0.319. The lowest BCUT2D eigenvalue weighted by Crippen LogP contribution is -2.17. The minimum Gasteiger partial charge on any atom is -0.379 e. The van der Waals surface area contributed by atoms with Crippen LogP contribution in [-0.2, 0) is 9.47 Å². The third kappa shape index (κ3) is 1.43. The van der Waals surface area contributed by atoms with Crippen molar-refractivity contribution in [3.05, 3.63) is 0 Å². The van der Waals surface area contributed by atoms with Crippen molar-refractivity contribution in [2.24, 2.45) is 0 Å². The molecule has 54 valence electrons. The van der Waals surface area contributed by atoms with Gasteiger partial charge in [-0.15, -0.1) is 0 Å². The second-order valence-electron chi connectivity index (χ2n) is 2.49. The molecule has 1 rings (SSSR count). The SMILES string of the molecule is CCC(OC)C1OC1C. The smallest absolute Gasteiger partial charge is 0.110 e. The van der Waals surface area contributed by atoms with Crippen LogP contribution in [0.2, 0.25) is 0 Å². The zero-order chi connectivity index (χ0) is 6.85. The van der Waals surface area contributed by atoms with Gasteiger partial charge in [0, 0.05) is 7.11 Å². The summed E-state index contributed by atoms with van der Waals surface area (Å²) >= 11 is 0. The highest BCUT2D eigenvalue weighted by molar-refractivity contribution is 4.87. The Labute approximate surface area is 56.2 Å². The van der Waals surface area contributed by atoms with E-state index in [0.29, 0.717) is 18.3 Å². The van der Waals surface area contributed by atoms with Crippen LogP contribution in [0.1, 0.15) is 20.3 Å². The molecule has 2 heteroatoms. The molecule has 0 aromatic heterocycles. The molecule has 0 spiro atoms. The van der Waals surface area contributed by atoms with E-state index in [0.717, 1.165) is 6.42 Å². The van der Waals surface area contributed by atoms with Gasteiger partial charge in [0.05, 0.1) is 12.2 Å². The van der Waals surface area contributed by atoms with Crippen LogP contribution >= 0.6 is 0 Å². The first kappa shape index (κ1) is 7.03. The molecule has 2 nitrogen and oxygen atoms in total. The third-order valence-electron chi connectivity index (χ3n) is 1.83. The normalized spacial score (nSPS) is 36.3.